The van der Waals surface area contributed by atoms with E-state index in [2.05, 4.69) is 37.5 Å². The zero-order valence-electron chi connectivity index (χ0n) is 11.9. The second-order valence-corrected chi connectivity index (χ2v) is 5.05. The van der Waals surface area contributed by atoms with Gasteiger partial charge in [-0.1, -0.05) is 33.0 Å². The largest absolute Gasteiger partial charge is 0.393 e. The van der Waals surface area contributed by atoms with Crippen molar-refractivity contribution < 1.29 is 0 Å². The Balaban J connectivity index is 3.92. The number of rotatable bonds is 10. The summed E-state index contributed by atoms with van der Waals surface area (Å²) in [5.74, 6) is 0. The zero-order chi connectivity index (χ0) is 13.3. The maximum atomic E-state index is 5.60. The van der Waals surface area contributed by atoms with Crippen LogP contribution < -0.4 is 5.73 Å². The van der Waals surface area contributed by atoms with Crippen molar-refractivity contribution in [2.75, 3.05) is 32.7 Å². The van der Waals surface area contributed by atoms with Gasteiger partial charge in [-0.3, -0.25) is 0 Å². The van der Waals surface area contributed by atoms with Crippen LogP contribution in [0.4, 0.5) is 0 Å². The maximum Gasteiger partial charge on any atom is 0.0742 e. The molecule has 102 valence electrons. The van der Waals surface area contributed by atoms with Gasteiger partial charge in [0.15, 0.2) is 0 Å². The molecule has 0 aromatic rings. The van der Waals surface area contributed by atoms with Crippen molar-refractivity contribution in [1.82, 2.24) is 9.80 Å². The number of hydrogen-bond acceptors (Lipinski definition) is 3. The topological polar surface area (TPSA) is 32.5 Å². The molecule has 3 nitrogen and oxygen atoms in total. The van der Waals surface area contributed by atoms with Gasteiger partial charge in [-0.15, -0.1) is 0 Å². The summed E-state index contributed by atoms with van der Waals surface area (Å²) in [5.41, 5.74) is 5.60. The first-order chi connectivity index (χ1) is 8.04. The highest BCUT2D eigenvalue weighted by Crippen LogP contribution is 2.05. The van der Waals surface area contributed by atoms with E-state index in [1.807, 2.05) is 0 Å². The molecule has 0 aromatic carbocycles. The van der Waals surface area contributed by atoms with Crippen molar-refractivity contribution in [2.45, 2.75) is 46.6 Å². The first-order valence-electron chi connectivity index (χ1n) is 6.79. The molecule has 0 saturated carbocycles. The molecule has 1 atom stereocenters. The summed E-state index contributed by atoms with van der Waals surface area (Å²) in [6.45, 7) is 14.5. The second-order valence-electron chi connectivity index (χ2n) is 4.53. The molecule has 0 aromatic heterocycles. The summed E-state index contributed by atoms with van der Waals surface area (Å²) in [4.78, 5) is 5.55. The Morgan fingerprint density at radius 2 is 1.71 bits per heavy atom. The van der Waals surface area contributed by atoms with Gasteiger partial charge in [0.1, 0.15) is 0 Å². The number of nitrogens with two attached hydrogens (primary N) is 1. The van der Waals surface area contributed by atoms with Crippen LogP contribution in [0.5, 0.6) is 0 Å². The highest BCUT2D eigenvalue weighted by molar-refractivity contribution is 7.80. The van der Waals surface area contributed by atoms with Crippen LogP contribution in [0.25, 0.3) is 0 Å². The van der Waals surface area contributed by atoms with Crippen LogP contribution in [-0.2, 0) is 0 Å². The SMILES string of the molecule is CCN(CC)CCCN(CC)C(C)CC(N)=S. The fraction of sp³-hybridized carbons (Fsp3) is 0.923. The molecule has 0 amide bonds. The second kappa shape index (κ2) is 9.80. The van der Waals surface area contributed by atoms with Crippen LogP contribution in [0, 0.1) is 0 Å². The molecule has 0 saturated heterocycles. The predicted molar refractivity (Wildman–Crippen MR) is 80.5 cm³/mol. The van der Waals surface area contributed by atoms with E-state index in [0.717, 1.165) is 32.6 Å². The molecule has 0 rings (SSSR count). The van der Waals surface area contributed by atoms with Crippen molar-refractivity contribution >= 4 is 17.2 Å². The maximum absolute atomic E-state index is 5.60. The fourth-order valence-corrected chi connectivity index (χ4v) is 2.39. The van der Waals surface area contributed by atoms with Crippen LogP contribution in [-0.4, -0.2) is 53.6 Å². The van der Waals surface area contributed by atoms with Crippen molar-refractivity contribution in [1.29, 1.82) is 0 Å². The zero-order valence-corrected chi connectivity index (χ0v) is 12.7. The third-order valence-corrected chi connectivity index (χ3v) is 3.51. The van der Waals surface area contributed by atoms with Crippen LogP contribution in [0.15, 0.2) is 0 Å². The van der Waals surface area contributed by atoms with E-state index in [4.69, 9.17) is 18.0 Å². The molecule has 0 spiro atoms. The highest BCUT2D eigenvalue weighted by atomic mass is 32.1. The quantitative estimate of drug-likeness (QED) is 0.609. The van der Waals surface area contributed by atoms with Crippen molar-refractivity contribution in [3.05, 3.63) is 0 Å². The Bertz CT molecular complexity index is 205. The van der Waals surface area contributed by atoms with Gasteiger partial charge in [0, 0.05) is 12.5 Å². The Hall–Kier alpha value is -0.190. The molecule has 1 unspecified atom stereocenters. The van der Waals surface area contributed by atoms with Crippen molar-refractivity contribution in [2.24, 2.45) is 5.73 Å². The van der Waals surface area contributed by atoms with Crippen LogP contribution in [0.3, 0.4) is 0 Å². The van der Waals surface area contributed by atoms with E-state index in [1.54, 1.807) is 0 Å². The average Bonchev–Trinajstić information content (AvgIpc) is 2.28. The standard InChI is InChI=1S/C13H29N3S/c1-5-15(6-2)9-8-10-16(7-3)12(4)11-13(14)17/h12H,5-11H2,1-4H3,(H2,14,17). The molecular formula is C13H29N3S. The van der Waals surface area contributed by atoms with E-state index in [1.165, 1.54) is 13.0 Å². The lowest BCUT2D eigenvalue weighted by atomic mass is 10.2. The molecular weight excluding hydrogens is 230 g/mol. The van der Waals surface area contributed by atoms with E-state index >= 15 is 0 Å². The summed E-state index contributed by atoms with van der Waals surface area (Å²) < 4.78 is 0. The van der Waals surface area contributed by atoms with Crippen LogP contribution in [0.1, 0.15) is 40.5 Å². The minimum Gasteiger partial charge on any atom is -0.393 e. The summed E-state index contributed by atoms with van der Waals surface area (Å²) in [6, 6.07) is 0.467. The molecule has 17 heavy (non-hydrogen) atoms. The molecule has 0 bridgehead atoms. The lowest BCUT2D eigenvalue weighted by Gasteiger charge is -2.28. The molecule has 2 N–H and O–H groups in total. The number of thiocarbonyl (C=S) groups is 1. The van der Waals surface area contributed by atoms with Gasteiger partial charge in [0.05, 0.1) is 4.99 Å². The highest BCUT2D eigenvalue weighted by Gasteiger charge is 2.12. The molecule has 0 aliphatic carbocycles. The summed E-state index contributed by atoms with van der Waals surface area (Å²) in [5, 5.41) is 0. The summed E-state index contributed by atoms with van der Waals surface area (Å²) in [7, 11) is 0. The molecule has 4 heteroatoms. The first-order valence-corrected chi connectivity index (χ1v) is 7.20. The lowest BCUT2D eigenvalue weighted by Crippen LogP contribution is -2.37. The minimum absolute atomic E-state index is 0.467. The molecule has 0 radical (unpaired) electrons. The fourth-order valence-electron chi connectivity index (χ4n) is 2.15. The Morgan fingerprint density at radius 1 is 1.12 bits per heavy atom. The molecule has 0 aliphatic heterocycles. The monoisotopic (exact) mass is 259 g/mol. The smallest absolute Gasteiger partial charge is 0.0742 e. The predicted octanol–water partition coefficient (Wildman–Crippen LogP) is 2.10. The van der Waals surface area contributed by atoms with E-state index < -0.39 is 0 Å². The number of hydrogen-bond donors (Lipinski definition) is 1. The van der Waals surface area contributed by atoms with E-state index in [9.17, 15) is 0 Å². The molecule has 0 fully saturated rings. The van der Waals surface area contributed by atoms with Gasteiger partial charge >= 0.3 is 0 Å². The summed E-state index contributed by atoms with van der Waals surface area (Å²) in [6.07, 6.45) is 2.05. The van der Waals surface area contributed by atoms with Gasteiger partial charge in [0.25, 0.3) is 0 Å². The van der Waals surface area contributed by atoms with E-state index in [0.29, 0.717) is 11.0 Å². The van der Waals surface area contributed by atoms with Crippen molar-refractivity contribution in [3.8, 4) is 0 Å². The third kappa shape index (κ3) is 7.68. The first kappa shape index (κ1) is 16.8. The van der Waals surface area contributed by atoms with Crippen LogP contribution in [0.2, 0.25) is 0 Å². The Labute approximate surface area is 112 Å². The Kier molecular flexibility index (Phi) is 9.69. The van der Waals surface area contributed by atoms with Gasteiger partial charge in [-0.2, -0.15) is 0 Å². The molecule has 0 aliphatic rings. The van der Waals surface area contributed by atoms with Gasteiger partial charge < -0.3 is 15.5 Å². The summed E-state index contributed by atoms with van der Waals surface area (Å²) >= 11 is 4.97. The number of nitrogens with zero attached hydrogens (tertiary/aromatic N) is 2. The van der Waals surface area contributed by atoms with Crippen LogP contribution >= 0.6 is 12.2 Å². The van der Waals surface area contributed by atoms with Crippen molar-refractivity contribution in [3.63, 3.8) is 0 Å². The normalized spacial score (nSPS) is 13.3. The Morgan fingerprint density at radius 3 is 2.12 bits per heavy atom. The molecule has 0 heterocycles. The van der Waals surface area contributed by atoms with Gasteiger partial charge in [0.2, 0.25) is 0 Å². The third-order valence-electron chi connectivity index (χ3n) is 3.34. The van der Waals surface area contributed by atoms with Gasteiger partial charge in [-0.05, 0) is 46.1 Å². The van der Waals surface area contributed by atoms with E-state index in [-0.39, 0.29) is 0 Å². The average molecular weight is 259 g/mol. The lowest BCUT2D eigenvalue weighted by molar-refractivity contribution is 0.203. The minimum atomic E-state index is 0.467. The van der Waals surface area contributed by atoms with Gasteiger partial charge in [-0.25, -0.2) is 0 Å².